The Labute approximate surface area is 190 Å². The van der Waals surface area contributed by atoms with E-state index in [4.69, 9.17) is 9.73 Å². The number of para-hydroxylation sites is 2. The number of hydrogen-bond acceptors (Lipinski definition) is 6. The summed E-state index contributed by atoms with van der Waals surface area (Å²) < 4.78 is 5.52. The van der Waals surface area contributed by atoms with Crippen LogP contribution < -0.4 is 5.32 Å². The van der Waals surface area contributed by atoms with Gasteiger partial charge >= 0.3 is 0 Å². The van der Waals surface area contributed by atoms with Gasteiger partial charge in [0, 0.05) is 37.7 Å². The Hall–Kier alpha value is -1.31. The van der Waals surface area contributed by atoms with Gasteiger partial charge in [-0.1, -0.05) is 12.1 Å². The van der Waals surface area contributed by atoms with Gasteiger partial charge < -0.3 is 15.0 Å². The Kier molecular flexibility index (Phi) is 8.37. The number of nitrogens with one attached hydrogen (secondary N) is 1. The SMILES string of the molecule is CO[C@@H](C)C[C@H]1CN(C2=Nc3ccccc3Nc3sc(C)cc32)CCN1C.Cl.Cl. The summed E-state index contributed by atoms with van der Waals surface area (Å²) >= 11 is 1.80. The van der Waals surface area contributed by atoms with Crippen molar-refractivity contribution in [2.75, 3.05) is 39.1 Å². The van der Waals surface area contributed by atoms with Crippen LogP contribution in [0.4, 0.5) is 16.4 Å². The van der Waals surface area contributed by atoms with E-state index in [-0.39, 0.29) is 30.9 Å². The fraction of sp³-hybridized carbons (Fsp3) is 0.476. The van der Waals surface area contributed by atoms with E-state index < -0.39 is 0 Å². The summed E-state index contributed by atoms with van der Waals surface area (Å²) in [6.45, 7) is 7.31. The highest BCUT2D eigenvalue weighted by atomic mass is 35.5. The molecule has 0 aliphatic carbocycles. The first-order valence-corrected chi connectivity index (χ1v) is 10.4. The topological polar surface area (TPSA) is 40.1 Å². The molecule has 2 aromatic rings. The van der Waals surface area contributed by atoms with Crippen LogP contribution in [0, 0.1) is 6.92 Å². The summed E-state index contributed by atoms with van der Waals surface area (Å²) in [5.41, 5.74) is 3.31. The van der Waals surface area contributed by atoms with Gasteiger partial charge in [0.25, 0.3) is 0 Å². The zero-order valence-electron chi connectivity index (χ0n) is 17.3. The van der Waals surface area contributed by atoms with Gasteiger partial charge in [0.05, 0.1) is 23.0 Å². The Morgan fingerprint density at radius 3 is 2.79 bits per heavy atom. The van der Waals surface area contributed by atoms with E-state index in [9.17, 15) is 0 Å². The number of rotatable bonds is 3. The van der Waals surface area contributed by atoms with Crippen LogP contribution in [0.5, 0.6) is 0 Å². The summed E-state index contributed by atoms with van der Waals surface area (Å²) in [7, 11) is 4.01. The normalized spacial score (nSPS) is 19.5. The minimum Gasteiger partial charge on any atom is -0.382 e. The molecule has 2 aliphatic heterocycles. The predicted molar refractivity (Wildman–Crippen MR) is 129 cm³/mol. The van der Waals surface area contributed by atoms with Crippen molar-refractivity contribution in [3.05, 3.63) is 40.8 Å². The second-order valence-corrected chi connectivity index (χ2v) is 8.80. The first kappa shape index (κ1) is 24.0. The molecule has 5 nitrogen and oxygen atoms in total. The average molecular weight is 457 g/mol. The number of aliphatic imine (C=N–C) groups is 1. The van der Waals surface area contributed by atoms with Gasteiger partial charge in [-0.05, 0) is 45.5 Å². The van der Waals surface area contributed by atoms with E-state index in [0.717, 1.165) is 43.3 Å². The molecule has 160 valence electrons. The first-order valence-electron chi connectivity index (χ1n) is 9.58. The maximum absolute atomic E-state index is 5.52. The van der Waals surface area contributed by atoms with E-state index >= 15 is 0 Å². The lowest BCUT2D eigenvalue weighted by molar-refractivity contribution is 0.0565. The van der Waals surface area contributed by atoms with Gasteiger partial charge in [0.2, 0.25) is 0 Å². The number of halogens is 2. The summed E-state index contributed by atoms with van der Waals surface area (Å²) in [4.78, 5) is 11.3. The molecule has 2 aliphatic rings. The predicted octanol–water partition coefficient (Wildman–Crippen LogP) is 5.08. The van der Waals surface area contributed by atoms with Crippen molar-refractivity contribution in [3.63, 3.8) is 0 Å². The fourth-order valence-corrected chi connectivity index (χ4v) is 4.78. The monoisotopic (exact) mass is 456 g/mol. The number of amidine groups is 1. The smallest absolute Gasteiger partial charge is 0.139 e. The van der Waals surface area contributed by atoms with Crippen LogP contribution in [0.25, 0.3) is 0 Å². The van der Waals surface area contributed by atoms with Crippen molar-refractivity contribution in [2.45, 2.75) is 32.4 Å². The third kappa shape index (κ3) is 5.06. The number of benzene rings is 1. The molecule has 1 saturated heterocycles. The van der Waals surface area contributed by atoms with Crippen molar-refractivity contribution in [1.29, 1.82) is 0 Å². The molecule has 29 heavy (non-hydrogen) atoms. The number of piperazine rings is 1. The number of methoxy groups -OCH3 is 1. The molecule has 3 heterocycles. The maximum atomic E-state index is 5.52. The lowest BCUT2D eigenvalue weighted by Crippen LogP contribution is -2.54. The molecule has 0 radical (unpaired) electrons. The van der Waals surface area contributed by atoms with Crippen LogP contribution in [0.1, 0.15) is 23.8 Å². The van der Waals surface area contributed by atoms with Crippen LogP contribution in [0.15, 0.2) is 35.3 Å². The van der Waals surface area contributed by atoms with Gasteiger partial charge in [-0.25, -0.2) is 4.99 Å². The molecule has 8 heteroatoms. The van der Waals surface area contributed by atoms with Crippen molar-refractivity contribution < 1.29 is 4.74 Å². The molecule has 0 saturated carbocycles. The molecule has 1 N–H and O–H groups in total. The van der Waals surface area contributed by atoms with Crippen LogP contribution in [-0.4, -0.2) is 61.6 Å². The van der Waals surface area contributed by atoms with Gasteiger partial charge in [-0.3, -0.25) is 4.90 Å². The van der Waals surface area contributed by atoms with E-state index in [1.54, 1.807) is 18.4 Å². The number of anilines is 2. The highest BCUT2D eigenvalue weighted by Gasteiger charge is 2.30. The van der Waals surface area contributed by atoms with Crippen LogP contribution >= 0.6 is 36.2 Å². The molecule has 1 fully saturated rings. The number of likely N-dealkylation sites (N-methyl/N-ethyl adjacent to an activating group) is 1. The number of hydrogen-bond donors (Lipinski definition) is 1. The van der Waals surface area contributed by atoms with E-state index in [0.29, 0.717) is 6.04 Å². The number of nitrogens with zero attached hydrogens (tertiary/aromatic N) is 3. The van der Waals surface area contributed by atoms with Gasteiger partial charge in [0.15, 0.2) is 0 Å². The van der Waals surface area contributed by atoms with Gasteiger partial charge in [-0.15, -0.1) is 36.2 Å². The number of ether oxygens (including phenoxy) is 1. The lowest BCUT2D eigenvalue weighted by Gasteiger charge is -2.41. The first-order chi connectivity index (χ1) is 13.0. The minimum atomic E-state index is 0. The number of fused-ring (bicyclic) bond motifs is 2. The second-order valence-electron chi connectivity index (χ2n) is 7.54. The molecular weight excluding hydrogens is 427 g/mol. The number of aryl methyl sites for hydroxylation is 1. The molecule has 0 amide bonds. The van der Waals surface area contributed by atoms with E-state index in [1.807, 2.05) is 0 Å². The molecular formula is C21H30Cl2N4OS. The van der Waals surface area contributed by atoms with Crippen molar-refractivity contribution >= 4 is 58.4 Å². The zero-order valence-corrected chi connectivity index (χ0v) is 19.8. The largest absolute Gasteiger partial charge is 0.382 e. The number of thiophene rings is 1. The molecule has 4 rings (SSSR count). The van der Waals surface area contributed by atoms with Crippen LogP contribution in [0.3, 0.4) is 0 Å². The highest BCUT2D eigenvalue weighted by Crippen LogP contribution is 2.39. The third-order valence-corrected chi connectivity index (χ3v) is 6.52. The van der Waals surface area contributed by atoms with Crippen molar-refractivity contribution in [2.24, 2.45) is 4.99 Å². The Bertz CT molecular complexity index is 857. The molecule has 1 aromatic heterocycles. The van der Waals surface area contributed by atoms with Crippen LogP contribution in [0.2, 0.25) is 0 Å². The maximum Gasteiger partial charge on any atom is 0.139 e. The summed E-state index contributed by atoms with van der Waals surface area (Å²) in [6.07, 6.45) is 1.29. The summed E-state index contributed by atoms with van der Waals surface area (Å²) in [5, 5.41) is 4.79. The zero-order chi connectivity index (χ0) is 19.0. The van der Waals surface area contributed by atoms with E-state index in [2.05, 4.69) is 66.3 Å². The van der Waals surface area contributed by atoms with Crippen molar-refractivity contribution in [1.82, 2.24) is 9.80 Å². The molecule has 0 bridgehead atoms. The third-order valence-electron chi connectivity index (χ3n) is 5.56. The summed E-state index contributed by atoms with van der Waals surface area (Å²) in [6, 6.07) is 11.0. The van der Waals surface area contributed by atoms with Gasteiger partial charge in [0.1, 0.15) is 10.8 Å². The lowest BCUT2D eigenvalue weighted by atomic mass is 10.0. The van der Waals surface area contributed by atoms with Crippen LogP contribution in [-0.2, 0) is 4.74 Å². The molecule has 0 unspecified atom stereocenters. The van der Waals surface area contributed by atoms with Gasteiger partial charge in [-0.2, -0.15) is 0 Å². The highest BCUT2D eigenvalue weighted by molar-refractivity contribution is 7.16. The standard InChI is InChI=1S/C21H28N4OS.2ClH/c1-14(26-4)11-16-13-25(10-9-24(16)3)20-17-12-15(2)27-21(17)23-19-8-6-5-7-18(19)22-20;;/h5-8,12,14,16,23H,9-11,13H2,1-4H3;2*1H/t14-,16-;;/m0../s1. The second kappa shape index (κ2) is 10.1. The minimum absolute atomic E-state index is 0. The Morgan fingerprint density at radius 2 is 2.03 bits per heavy atom. The quantitative estimate of drug-likeness (QED) is 0.698. The average Bonchev–Trinajstić information content (AvgIpc) is 2.95. The summed E-state index contributed by atoms with van der Waals surface area (Å²) in [5.74, 6) is 1.09. The van der Waals surface area contributed by atoms with E-state index in [1.165, 1.54) is 15.4 Å². The van der Waals surface area contributed by atoms with Crippen molar-refractivity contribution in [3.8, 4) is 0 Å². The molecule has 2 atom stereocenters. The molecule has 1 aromatic carbocycles. The Morgan fingerprint density at radius 1 is 1.28 bits per heavy atom. The Balaban J connectivity index is 0.00000150. The molecule has 0 spiro atoms. The fourth-order valence-electron chi connectivity index (χ4n) is 3.86.